The number of hydrogen-bond acceptors (Lipinski definition) is 11. The molecule has 1 atom stereocenters. The second-order valence-electron chi connectivity index (χ2n) is 10.2. The minimum atomic E-state index is -4.63. The molecular weight excluding hydrogens is 623 g/mol. The average molecular weight is 654 g/mol. The molecule has 2 N–H and O–H groups in total. The number of halogens is 3. The van der Waals surface area contributed by atoms with Crippen molar-refractivity contribution < 1.29 is 31.1 Å². The van der Waals surface area contributed by atoms with Crippen LogP contribution in [0.3, 0.4) is 0 Å². The number of methoxy groups -OCH3 is 1. The van der Waals surface area contributed by atoms with E-state index in [4.69, 9.17) is 0 Å². The van der Waals surface area contributed by atoms with Gasteiger partial charge in [-0.1, -0.05) is 23.5 Å². The number of hydrogen-bond donors (Lipinski definition) is 2. The molecule has 3 aromatic heterocycles. The molecule has 236 valence electrons. The van der Waals surface area contributed by atoms with Gasteiger partial charge in [-0.15, -0.1) is 0 Å². The molecule has 1 saturated heterocycles. The summed E-state index contributed by atoms with van der Waals surface area (Å²) >= 11 is 0.871. The second kappa shape index (κ2) is 12.3. The summed E-state index contributed by atoms with van der Waals surface area (Å²) in [6.45, 7) is 5.56. The highest BCUT2D eigenvalue weighted by Crippen LogP contribution is 2.39. The van der Waals surface area contributed by atoms with Crippen molar-refractivity contribution >= 4 is 49.3 Å². The van der Waals surface area contributed by atoms with Gasteiger partial charge in [-0.05, 0) is 19.9 Å². The summed E-state index contributed by atoms with van der Waals surface area (Å²) in [5.41, 5.74) is -0.111. The number of piperazine rings is 1. The highest BCUT2D eigenvalue weighted by Gasteiger charge is 2.38. The molecule has 5 rings (SSSR count). The van der Waals surface area contributed by atoms with Crippen molar-refractivity contribution in [3.8, 4) is 11.1 Å². The number of sulfonamides is 1. The SMILES string of the molecule is COC(=O)Nc1nc(C)c(S(=O)(=O)N2CCN(CC(C)Nc3ncnc4c(-c5cn(C)nc5C(F)(F)F)cccc34)CC2)s1. The van der Waals surface area contributed by atoms with Gasteiger partial charge in [0, 0.05) is 68.5 Å². The standard InChI is InChI=1S/C26H30F3N9O4S2/c1-15(12-37-8-10-38(11-9-37)44(40,41)23-16(2)33-24(43-23)34-25(39)42-4)32-22-18-7-5-6-17(20(18)30-14-31-22)19-13-36(3)35-21(19)26(27,28)29/h5-7,13-15H,8-12H2,1-4H3,(H,30,31,32)(H,33,34,39). The number of anilines is 2. The summed E-state index contributed by atoms with van der Waals surface area (Å²) in [5, 5.41) is 10.1. The van der Waals surface area contributed by atoms with Crippen LogP contribution < -0.4 is 10.6 Å². The van der Waals surface area contributed by atoms with Gasteiger partial charge >= 0.3 is 12.3 Å². The Hall–Kier alpha value is -3.87. The van der Waals surface area contributed by atoms with E-state index in [-0.39, 0.29) is 34.0 Å². The highest BCUT2D eigenvalue weighted by molar-refractivity contribution is 7.91. The van der Waals surface area contributed by atoms with E-state index >= 15 is 0 Å². The lowest BCUT2D eigenvalue weighted by atomic mass is 10.0. The molecule has 4 aromatic rings. The van der Waals surface area contributed by atoms with E-state index in [1.165, 1.54) is 31.0 Å². The number of nitrogens with zero attached hydrogens (tertiary/aromatic N) is 7. The number of para-hydroxylation sites is 1. The summed E-state index contributed by atoms with van der Waals surface area (Å²) in [7, 11) is -1.18. The minimum absolute atomic E-state index is 0.0658. The van der Waals surface area contributed by atoms with E-state index < -0.39 is 28.0 Å². The zero-order valence-corrected chi connectivity index (χ0v) is 25.8. The second-order valence-corrected chi connectivity index (χ2v) is 13.4. The van der Waals surface area contributed by atoms with Crippen molar-refractivity contribution in [2.75, 3.05) is 50.5 Å². The molecule has 1 aromatic carbocycles. The molecule has 1 amide bonds. The van der Waals surface area contributed by atoms with Gasteiger partial charge in [-0.3, -0.25) is 14.9 Å². The summed E-state index contributed by atoms with van der Waals surface area (Å²) < 4.78 is 74.8. The first-order valence-corrected chi connectivity index (χ1v) is 15.7. The fourth-order valence-electron chi connectivity index (χ4n) is 5.06. The van der Waals surface area contributed by atoms with Crippen LogP contribution in [0.4, 0.5) is 28.9 Å². The third-order valence-corrected chi connectivity index (χ3v) is 10.6. The van der Waals surface area contributed by atoms with Crippen LogP contribution in [-0.2, 0) is 28.0 Å². The smallest absolute Gasteiger partial charge is 0.435 e. The third-order valence-electron chi connectivity index (χ3n) is 7.02. The molecule has 0 saturated carbocycles. The first-order valence-electron chi connectivity index (χ1n) is 13.4. The van der Waals surface area contributed by atoms with Crippen LogP contribution in [0.5, 0.6) is 0 Å². The molecule has 0 spiro atoms. The molecule has 0 aliphatic carbocycles. The number of benzene rings is 1. The van der Waals surface area contributed by atoms with Crippen LogP contribution in [0.1, 0.15) is 18.3 Å². The zero-order valence-electron chi connectivity index (χ0n) is 24.2. The van der Waals surface area contributed by atoms with Crippen LogP contribution >= 0.6 is 11.3 Å². The predicted molar refractivity (Wildman–Crippen MR) is 158 cm³/mol. The summed E-state index contributed by atoms with van der Waals surface area (Å²) in [4.78, 5) is 26.4. The summed E-state index contributed by atoms with van der Waals surface area (Å²) in [6, 6.07) is 4.84. The van der Waals surface area contributed by atoms with Gasteiger partial charge in [0.25, 0.3) is 10.0 Å². The van der Waals surface area contributed by atoms with Gasteiger partial charge in [0.1, 0.15) is 12.1 Å². The van der Waals surface area contributed by atoms with Crippen molar-refractivity contribution in [2.24, 2.45) is 7.05 Å². The van der Waals surface area contributed by atoms with E-state index in [1.54, 1.807) is 25.1 Å². The number of ether oxygens (including phenoxy) is 1. The van der Waals surface area contributed by atoms with Crippen molar-refractivity contribution in [3.63, 3.8) is 0 Å². The van der Waals surface area contributed by atoms with E-state index in [0.29, 0.717) is 47.6 Å². The van der Waals surface area contributed by atoms with Crippen LogP contribution in [0, 0.1) is 6.92 Å². The largest absolute Gasteiger partial charge is 0.453 e. The quantitative estimate of drug-likeness (QED) is 0.288. The zero-order chi connectivity index (χ0) is 31.8. The number of carbonyl (C=O) groups excluding carboxylic acids is 1. The molecule has 1 unspecified atom stereocenters. The molecule has 1 fully saturated rings. The Labute approximate surface area is 255 Å². The number of thiazole rings is 1. The first kappa shape index (κ1) is 31.6. The van der Waals surface area contributed by atoms with Crippen LogP contribution in [-0.4, -0.2) is 94.3 Å². The molecule has 1 aliphatic heterocycles. The van der Waals surface area contributed by atoms with Gasteiger partial charge in [0.15, 0.2) is 15.0 Å². The van der Waals surface area contributed by atoms with E-state index in [2.05, 4.69) is 40.3 Å². The van der Waals surface area contributed by atoms with Crippen molar-refractivity contribution in [2.45, 2.75) is 30.3 Å². The van der Waals surface area contributed by atoms with Crippen molar-refractivity contribution in [1.29, 1.82) is 0 Å². The lowest BCUT2D eigenvalue weighted by molar-refractivity contribution is -0.140. The normalized spacial score (nSPS) is 15.8. The fraction of sp³-hybridized carbons (Fsp3) is 0.423. The predicted octanol–water partition coefficient (Wildman–Crippen LogP) is 3.80. The average Bonchev–Trinajstić information content (AvgIpc) is 3.55. The monoisotopic (exact) mass is 653 g/mol. The minimum Gasteiger partial charge on any atom is -0.453 e. The van der Waals surface area contributed by atoms with Gasteiger partial charge in [0.05, 0.1) is 18.3 Å². The number of nitrogens with one attached hydrogen (secondary N) is 2. The highest BCUT2D eigenvalue weighted by atomic mass is 32.2. The topological polar surface area (TPSA) is 147 Å². The molecule has 18 heteroatoms. The number of alkyl halides is 3. The number of fused-ring (bicyclic) bond motifs is 1. The maximum absolute atomic E-state index is 13.7. The van der Waals surface area contributed by atoms with E-state index in [1.807, 2.05) is 6.92 Å². The lowest BCUT2D eigenvalue weighted by Gasteiger charge is -2.35. The Kier molecular flexibility index (Phi) is 8.79. The van der Waals surface area contributed by atoms with Crippen LogP contribution in [0.2, 0.25) is 0 Å². The number of aryl methyl sites for hydroxylation is 2. The van der Waals surface area contributed by atoms with Gasteiger partial charge < -0.3 is 10.1 Å². The van der Waals surface area contributed by atoms with Crippen LogP contribution in [0.25, 0.3) is 22.0 Å². The van der Waals surface area contributed by atoms with Gasteiger partial charge in [0.2, 0.25) is 0 Å². The summed E-state index contributed by atoms with van der Waals surface area (Å²) in [6.07, 6.45) is -2.74. The summed E-state index contributed by atoms with van der Waals surface area (Å²) in [5.74, 6) is 0.472. The number of carbonyl (C=O) groups is 1. The molecule has 44 heavy (non-hydrogen) atoms. The third kappa shape index (κ3) is 6.47. The Morgan fingerprint density at radius 1 is 1.16 bits per heavy atom. The Morgan fingerprint density at radius 2 is 1.89 bits per heavy atom. The Bertz CT molecular complexity index is 1780. The van der Waals surface area contributed by atoms with Gasteiger partial charge in [-0.25, -0.2) is 28.2 Å². The molecular formula is C26H30F3N9O4S2. The fourth-order valence-corrected chi connectivity index (χ4v) is 8.02. The Morgan fingerprint density at radius 3 is 2.57 bits per heavy atom. The molecule has 4 heterocycles. The number of rotatable bonds is 8. The maximum atomic E-state index is 13.7. The van der Waals surface area contributed by atoms with E-state index in [9.17, 15) is 26.4 Å². The number of aromatic nitrogens is 5. The van der Waals surface area contributed by atoms with E-state index in [0.717, 1.165) is 16.0 Å². The molecule has 0 radical (unpaired) electrons. The molecule has 1 aliphatic rings. The maximum Gasteiger partial charge on any atom is 0.435 e. The van der Waals surface area contributed by atoms with Gasteiger partial charge in [-0.2, -0.15) is 22.6 Å². The molecule has 13 nitrogen and oxygen atoms in total. The molecule has 0 bridgehead atoms. The van der Waals surface area contributed by atoms with Crippen molar-refractivity contribution in [1.82, 2.24) is 33.9 Å². The lowest BCUT2D eigenvalue weighted by Crippen LogP contribution is -2.50. The van der Waals surface area contributed by atoms with Crippen molar-refractivity contribution in [3.05, 3.63) is 42.1 Å². The first-order chi connectivity index (χ1) is 20.8. The Balaban J connectivity index is 1.25. The number of amides is 1. The van der Waals surface area contributed by atoms with Crippen LogP contribution in [0.15, 0.2) is 34.9 Å².